The number of hydrogen-bond acceptors (Lipinski definition) is 5. The zero-order valence-corrected chi connectivity index (χ0v) is 13.8. The monoisotopic (exact) mass is 341 g/mol. The van der Waals surface area contributed by atoms with Crippen LogP contribution in [0, 0.1) is 0 Å². The number of aromatic nitrogens is 3. The van der Waals surface area contributed by atoms with Gasteiger partial charge in [-0.1, -0.05) is 30.3 Å². The molecule has 4 aromatic rings. The van der Waals surface area contributed by atoms with Gasteiger partial charge in [-0.05, 0) is 24.3 Å². The molecular weight excluding hydrogens is 326 g/mol. The Labute approximate surface area is 149 Å². The molecule has 126 valence electrons. The van der Waals surface area contributed by atoms with E-state index in [2.05, 4.69) is 20.3 Å². The van der Waals surface area contributed by atoms with Gasteiger partial charge in [-0.15, -0.1) is 0 Å². The Balaban J connectivity index is 1.65. The Morgan fingerprint density at radius 2 is 1.81 bits per heavy atom. The predicted octanol–water partition coefficient (Wildman–Crippen LogP) is 3.53. The number of anilines is 2. The molecule has 26 heavy (non-hydrogen) atoms. The second kappa shape index (κ2) is 6.60. The summed E-state index contributed by atoms with van der Waals surface area (Å²) in [6.07, 6.45) is 3.04. The molecule has 0 bridgehead atoms. The van der Waals surface area contributed by atoms with E-state index in [0.717, 1.165) is 16.5 Å². The molecule has 0 aliphatic carbocycles. The van der Waals surface area contributed by atoms with Crippen LogP contribution in [0.5, 0.6) is 0 Å². The van der Waals surface area contributed by atoms with Crippen molar-refractivity contribution in [2.24, 2.45) is 0 Å². The minimum absolute atomic E-state index is 0.249. The highest BCUT2D eigenvalue weighted by molar-refractivity contribution is 6.12. The molecule has 2 aromatic heterocycles. The van der Waals surface area contributed by atoms with Crippen molar-refractivity contribution < 1.29 is 4.79 Å². The molecule has 0 aliphatic rings. The van der Waals surface area contributed by atoms with Gasteiger partial charge in [0.2, 0.25) is 0 Å². The van der Waals surface area contributed by atoms with Crippen LogP contribution in [0.25, 0.3) is 22.2 Å². The van der Waals surface area contributed by atoms with Crippen LogP contribution in [0.4, 0.5) is 11.5 Å². The lowest BCUT2D eigenvalue weighted by molar-refractivity contribution is 0.102. The largest absolute Gasteiger partial charge is 0.399 e. The molecule has 2 aromatic carbocycles. The van der Waals surface area contributed by atoms with Crippen molar-refractivity contribution in [3.8, 4) is 11.3 Å². The number of carbonyl (C=O) groups excluding carboxylic acids is 1. The van der Waals surface area contributed by atoms with Crippen molar-refractivity contribution in [3.63, 3.8) is 0 Å². The average molecular weight is 341 g/mol. The lowest BCUT2D eigenvalue weighted by atomic mass is 10.1. The van der Waals surface area contributed by atoms with E-state index in [-0.39, 0.29) is 5.91 Å². The van der Waals surface area contributed by atoms with Gasteiger partial charge in [-0.25, -0.2) is 9.97 Å². The third-order valence-corrected chi connectivity index (χ3v) is 3.98. The fourth-order valence-corrected chi connectivity index (χ4v) is 2.76. The third-order valence-electron chi connectivity index (χ3n) is 3.98. The van der Waals surface area contributed by atoms with Crippen LogP contribution in [-0.4, -0.2) is 20.9 Å². The first-order chi connectivity index (χ1) is 12.7. The number of benzene rings is 2. The van der Waals surface area contributed by atoms with Gasteiger partial charge in [0.1, 0.15) is 12.1 Å². The van der Waals surface area contributed by atoms with E-state index in [9.17, 15) is 4.79 Å². The molecule has 1 amide bonds. The van der Waals surface area contributed by atoms with E-state index >= 15 is 0 Å². The predicted molar refractivity (Wildman–Crippen MR) is 102 cm³/mol. The van der Waals surface area contributed by atoms with Crippen LogP contribution in [0.15, 0.2) is 73.2 Å². The Hall–Kier alpha value is -3.80. The molecular formula is C20H15N5O. The summed E-state index contributed by atoms with van der Waals surface area (Å²) in [5.74, 6) is 0.171. The highest BCUT2D eigenvalue weighted by Crippen LogP contribution is 2.22. The first kappa shape index (κ1) is 15.7. The van der Waals surface area contributed by atoms with Gasteiger partial charge in [0.25, 0.3) is 5.91 Å². The standard InChI is InChI=1S/C20H15N5O/c21-14-5-3-4-13(10-14)18-11-19(24-12-23-18)25-20(26)16-8-9-22-17-7-2-1-6-15(16)17/h1-12H,21H2,(H,23,24,25,26). The first-order valence-corrected chi connectivity index (χ1v) is 8.04. The van der Waals surface area contributed by atoms with E-state index < -0.39 is 0 Å². The number of fused-ring (bicyclic) bond motifs is 1. The van der Waals surface area contributed by atoms with E-state index in [4.69, 9.17) is 5.73 Å². The number of carbonyl (C=O) groups is 1. The van der Waals surface area contributed by atoms with Gasteiger partial charge in [0.15, 0.2) is 0 Å². The van der Waals surface area contributed by atoms with Crippen LogP contribution in [0.1, 0.15) is 10.4 Å². The van der Waals surface area contributed by atoms with Crippen LogP contribution in [0.2, 0.25) is 0 Å². The summed E-state index contributed by atoms with van der Waals surface area (Å²) in [7, 11) is 0. The van der Waals surface area contributed by atoms with Gasteiger partial charge < -0.3 is 11.1 Å². The zero-order chi connectivity index (χ0) is 17.9. The summed E-state index contributed by atoms with van der Waals surface area (Å²) in [4.78, 5) is 25.4. The first-order valence-electron chi connectivity index (χ1n) is 8.04. The normalized spacial score (nSPS) is 10.6. The van der Waals surface area contributed by atoms with Gasteiger partial charge in [-0.3, -0.25) is 9.78 Å². The number of rotatable bonds is 3. The maximum atomic E-state index is 12.7. The molecule has 0 saturated carbocycles. The molecule has 0 fully saturated rings. The Kier molecular flexibility index (Phi) is 3.99. The summed E-state index contributed by atoms with van der Waals surface area (Å²) in [6.45, 7) is 0. The summed E-state index contributed by atoms with van der Waals surface area (Å²) >= 11 is 0. The van der Waals surface area contributed by atoms with Gasteiger partial charge in [-0.2, -0.15) is 0 Å². The lowest BCUT2D eigenvalue weighted by Gasteiger charge is -2.08. The number of nitrogens with zero attached hydrogens (tertiary/aromatic N) is 3. The molecule has 2 heterocycles. The number of nitrogens with one attached hydrogen (secondary N) is 1. The fourth-order valence-electron chi connectivity index (χ4n) is 2.76. The van der Waals surface area contributed by atoms with E-state index in [1.165, 1.54) is 6.33 Å². The highest BCUT2D eigenvalue weighted by Gasteiger charge is 2.12. The second-order valence-corrected chi connectivity index (χ2v) is 5.74. The maximum absolute atomic E-state index is 12.7. The maximum Gasteiger partial charge on any atom is 0.257 e. The molecule has 0 radical (unpaired) electrons. The fraction of sp³-hybridized carbons (Fsp3) is 0. The topological polar surface area (TPSA) is 93.8 Å². The van der Waals surface area contributed by atoms with Crippen LogP contribution in [0.3, 0.4) is 0 Å². The number of hydrogen-bond donors (Lipinski definition) is 2. The molecule has 4 rings (SSSR count). The van der Waals surface area contributed by atoms with E-state index in [1.54, 1.807) is 18.3 Å². The number of para-hydroxylation sites is 1. The van der Waals surface area contributed by atoms with Crippen LogP contribution >= 0.6 is 0 Å². The Morgan fingerprint density at radius 1 is 0.923 bits per heavy atom. The van der Waals surface area contributed by atoms with Crippen molar-refractivity contribution in [1.82, 2.24) is 15.0 Å². The molecule has 0 saturated heterocycles. The van der Waals surface area contributed by atoms with Gasteiger partial charge in [0.05, 0.1) is 16.8 Å². The van der Waals surface area contributed by atoms with Gasteiger partial charge >= 0.3 is 0 Å². The third kappa shape index (κ3) is 3.08. The Bertz CT molecular complexity index is 1100. The number of amides is 1. The van der Waals surface area contributed by atoms with Crippen molar-refractivity contribution >= 4 is 28.3 Å². The summed E-state index contributed by atoms with van der Waals surface area (Å²) < 4.78 is 0. The van der Waals surface area contributed by atoms with Crippen molar-refractivity contribution in [2.45, 2.75) is 0 Å². The van der Waals surface area contributed by atoms with Gasteiger partial charge in [0, 0.05) is 28.9 Å². The smallest absolute Gasteiger partial charge is 0.257 e. The zero-order valence-electron chi connectivity index (χ0n) is 13.8. The number of nitrogens with two attached hydrogens (primary N) is 1. The number of nitrogen functional groups attached to an aromatic ring is 1. The van der Waals surface area contributed by atoms with Crippen molar-refractivity contribution in [3.05, 3.63) is 78.8 Å². The van der Waals surface area contributed by atoms with Crippen molar-refractivity contribution in [1.29, 1.82) is 0 Å². The SMILES string of the molecule is Nc1cccc(-c2cc(NC(=O)c3ccnc4ccccc34)ncn2)c1. The molecule has 0 aliphatic heterocycles. The Morgan fingerprint density at radius 3 is 2.69 bits per heavy atom. The number of pyridine rings is 1. The molecule has 0 spiro atoms. The van der Waals surface area contributed by atoms with E-state index in [0.29, 0.717) is 22.8 Å². The second-order valence-electron chi connectivity index (χ2n) is 5.74. The van der Waals surface area contributed by atoms with Crippen LogP contribution < -0.4 is 11.1 Å². The van der Waals surface area contributed by atoms with Crippen molar-refractivity contribution in [2.75, 3.05) is 11.1 Å². The molecule has 0 unspecified atom stereocenters. The summed E-state index contributed by atoms with van der Waals surface area (Å²) in [6, 6.07) is 18.3. The minimum Gasteiger partial charge on any atom is -0.399 e. The summed E-state index contributed by atoms with van der Waals surface area (Å²) in [5, 5.41) is 3.62. The average Bonchev–Trinajstić information content (AvgIpc) is 2.68. The minimum atomic E-state index is -0.249. The highest BCUT2D eigenvalue weighted by atomic mass is 16.1. The lowest BCUT2D eigenvalue weighted by Crippen LogP contribution is -2.13. The summed E-state index contributed by atoms with van der Waals surface area (Å²) in [5.41, 5.74) is 9.32. The molecule has 6 heteroatoms. The van der Waals surface area contributed by atoms with E-state index in [1.807, 2.05) is 48.5 Å². The molecule has 0 atom stereocenters. The van der Waals surface area contributed by atoms with Crippen LogP contribution in [-0.2, 0) is 0 Å². The molecule has 6 nitrogen and oxygen atoms in total. The quantitative estimate of drug-likeness (QED) is 0.556. The molecule has 3 N–H and O–H groups in total.